The van der Waals surface area contributed by atoms with E-state index in [1.165, 1.54) is 28.7 Å². The van der Waals surface area contributed by atoms with Gasteiger partial charge >= 0.3 is 0 Å². The van der Waals surface area contributed by atoms with E-state index in [1.807, 2.05) is 0 Å². The minimum Gasteiger partial charge on any atom is -0.493 e. The van der Waals surface area contributed by atoms with Crippen molar-refractivity contribution in [2.75, 3.05) is 13.7 Å². The number of likely N-dealkylation sites (N-methyl/N-ethyl adjacent to an activating group) is 1. The third kappa shape index (κ3) is 2.14. The van der Waals surface area contributed by atoms with Crippen LogP contribution in [-0.4, -0.2) is 13.7 Å². The number of ether oxygens (including phenoxy) is 1. The van der Waals surface area contributed by atoms with E-state index in [1.54, 1.807) is 0 Å². The first-order valence-electron chi connectivity index (χ1n) is 7.87. The first-order chi connectivity index (χ1) is 10.4. The summed E-state index contributed by atoms with van der Waals surface area (Å²) in [6, 6.07) is 15.9. The Balaban J connectivity index is 1.65. The highest BCUT2D eigenvalue weighted by Gasteiger charge is 2.33. The van der Waals surface area contributed by atoms with Crippen molar-refractivity contribution in [3.8, 4) is 5.75 Å². The van der Waals surface area contributed by atoms with Crippen LogP contribution in [0.2, 0.25) is 0 Å². The first-order valence-corrected chi connectivity index (χ1v) is 7.87. The van der Waals surface area contributed by atoms with Gasteiger partial charge in [0.25, 0.3) is 0 Å². The normalized spacial score (nSPS) is 20.7. The summed E-state index contributed by atoms with van der Waals surface area (Å²) in [4.78, 5) is 0. The molecule has 2 nitrogen and oxygen atoms in total. The van der Waals surface area contributed by atoms with Gasteiger partial charge in [-0.3, -0.25) is 0 Å². The molecule has 2 aromatic carbocycles. The first kappa shape index (κ1) is 12.9. The average Bonchev–Trinajstić information content (AvgIpc) is 2.52. The molecule has 0 fully saturated rings. The third-order valence-corrected chi connectivity index (χ3v) is 4.90. The van der Waals surface area contributed by atoms with Crippen molar-refractivity contribution in [1.29, 1.82) is 0 Å². The maximum atomic E-state index is 5.73. The average molecular weight is 279 g/mol. The SMILES string of the molecule is CNC(c1ccc2c(c1)CCCO2)C1Cc2ccccc21. The molecule has 0 aromatic heterocycles. The van der Waals surface area contributed by atoms with Crippen LogP contribution in [0.5, 0.6) is 5.75 Å². The molecule has 4 rings (SSSR count). The van der Waals surface area contributed by atoms with Crippen LogP contribution in [0.15, 0.2) is 42.5 Å². The largest absolute Gasteiger partial charge is 0.493 e. The topological polar surface area (TPSA) is 21.3 Å². The molecule has 1 heterocycles. The van der Waals surface area contributed by atoms with Crippen LogP contribution in [0, 0.1) is 0 Å². The molecule has 0 saturated heterocycles. The summed E-state index contributed by atoms with van der Waals surface area (Å²) in [5.41, 5.74) is 5.77. The molecule has 1 N–H and O–H groups in total. The zero-order valence-corrected chi connectivity index (χ0v) is 12.4. The van der Waals surface area contributed by atoms with Gasteiger partial charge in [0.05, 0.1) is 6.61 Å². The van der Waals surface area contributed by atoms with E-state index in [0.717, 1.165) is 25.2 Å². The van der Waals surface area contributed by atoms with Gasteiger partial charge in [0.2, 0.25) is 0 Å². The smallest absolute Gasteiger partial charge is 0.122 e. The van der Waals surface area contributed by atoms with E-state index in [-0.39, 0.29) is 0 Å². The molecule has 2 aliphatic rings. The molecule has 1 aliphatic carbocycles. The van der Waals surface area contributed by atoms with Crippen LogP contribution in [-0.2, 0) is 12.8 Å². The zero-order valence-electron chi connectivity index (χ0n) is 12.4. The summed E-state index contributed by atoms with van der Waals surface area (Å²) in [5, 5.41) is 3.53. The second-order valence-corrected chi connectivity index (χ2v) is 6.09. The summed E-state index contributed by atoms with van der Waals surface area (Å²) < 4.78 is 5.73. The molecular formula is C19H21NO. The number of benzene rings is 2. The summed E-state index contributed by atoms with van der Waals surface area (Å²) >= 11 is 0. The molecular weight excluding hydrogens is 258 g/mol. The molecule has 21 heavy (non-hydrogen) atoms. The lowest BCUT2D eigenvalue weighted by atomic mass is 9.71. The molecule has 2 heteroatoms. The lowest BCUT2D eigenvalue weighted by Crippen LogP contribution is -2.31. The molecule has 0 spiro atoms. The summed E-state index contributed by atoms with van der Waals surface area (Å²) in [5.74, 6) is 1.67. The molecule has 0 saturated carbocycles. The monoisotopic (exact) mass is 279 g/mol. The molecule has 108 valence electrons. The van der Waals surface area contributed by atoms with Crippen molar-refractivity contribution in [1.82, 2.24) is 5.32 Å². The van der Waals surface area contributed by atoms with Crippen molar-refractivity contribution in [3.63, 3.8) is 0 Å². The molecule has 0 amide bonds. The zero-order chi connectivity index (χ0) is 14.2. The van der Waals surface area contributed by atoms with Crippen LogP contribution < -0.4 is 10.1 Å². The highest BCUT2D eigenvalue weighted by molar-refractivity contribution is 5.45. The van der Waals surface area contributed by atoms with Gasteiger partial charge < -0.3 is 10.1 Å². The Kier molecular flexibility index (Phi) is 3.19. The quantitative estimate of drug-likeness (QED) is 0.926. The number of nitrogens with one attached hydrogen (secondary N) is 1. The van der Waals surface area contributed by atoms with Crippen molar-refractivity contribution >= 4 is 0 Å². The number of aryl methyl sites for hydroxylation is 1. The summed E-state index contributed by atoms with van der Waals surface area (Å²) in [7, 11) is 2.07. The number of hydrogen-bond acceptors (Lipinski definition) is 2. The Hall–Kier alpha value is -1.80. The molecule has 2 atom stereocenters. The number of fused-ring (bicyclic) bond motifs is 2. The van der Waals surface area contributed by atoms with Gasteiger partial charge in [-0.2, -0.15) is 0 Å². The van der Waals surface area contributed by atoms with E-state index in [0.29, 0.717) is 12.0 Å². The predicted octanol–water partition coefficient (Wildman–Crippen LogP) is 3.61. The van der Waals surface area contributed by atoms with Gasteiger partial charge in [-0.25, -0.2) is 0 Å². The standard InChI is InChI=1S/C19H21NO/c1-20-19(17-12-13-5-2-3-7-16(13)17)15-8-9-18-14(11-15)6-4-10-21-18/h2-3,5,7-9,11,17,19-20H,4,6,10,12H2,1H3. The summed E-state index contributed by atoms with van der Waals surface area (Å²) in [6.07, 6.45) is 3.45. The molecule has 2 aromatic rings. The Bertz CT molecular complexity index is 664. The van der Waals surface area contributed by atoms with Gasteiger partial charge in [-0.05, 0) is 54.6 Å². The van der Waals surface area contributed by atoms with Gasteiger partial charge in [0.1, 0.15) is 5.75 Å². The van der Waals surface area contributed by atoms with Crippen LogP contribution >= 0.6 is 0 Å². The van der Waals surface area contributed by atoms with Crippen LogP contribution in [0.4, 0.5) is 0 Å². The fourth-order valence-corrected chi connectivity index (χ4v) is 3.77. The molecule has 2 unspecified atom stereocenters. The van der Waals surface area contributed by atoms with E-state index in [9.17, 15) is 0 Å². The minimum absolute atomic E-state index is 0.395. The van der Waals surface area contributed by atoms with Crippen molar-refractivity contribution in [2.24, 2.45) is 0 Å². The van der Waals surface area contributed by atoms with E-state index < -0.39 is 0 Å². The van der Waals surface area contributed by atoms with Crippen LogP contribution in [0.3, 0.4) is 0 Å². The second kappa shape index (κ2) is 5.19. The van der Waals surface area contributed by atoms with Gasteiger partial charge in [0.15, 0.2) is 0 Å². The maximum Gasteiger partial charge on any atom is 0.122 e. The molecule has 0 bridgehead atoms. The molecule has 1 aliphatic heterocycles. The van der Waals surface area contributed by atoms with E-state index in [2.05, 4.69) is 54.8 Å². The lowest BCUT2D eigenvalue weighted by Gasteiger charge is -2.37. The predicted molar refractivity (Wildman–Crippen MR) is 84.9 cm³/mol. The third-order valence-electron chi connectivity index (χ3n) is 4.90. The number of hydrogen-bond donors (Lipinski definition) is 1. The highest BCUT2D eigenvalue weighted by atomic mass is 16.5. The fraction of sp³-hybridized carbons (Fsp3) is 0.368. The molecule has 0 radical (unpaired) electrons. The van der Waals surface area contributed by atoms with Crippen molar-refractivity contribution < 1.29 is 4.74 Å². The van der Waals surface area contributed by atoms with Crippen molar-refractivity contribution in [2.45, 2.75) is 31.2 Å². The maximum absolute atomic E-state index is 5.73. The minimum atomic E-state index is 0.395. The highest BCUT2D eigenvalue weighted by Crippen LogP contribution is 2.44. The van der Waals surface area contributed by atoms with Gasteiger partial charge in [0, 0.05) is 12.0 Å². The van der Waals surface area contributed by atoms with Crippen LogP contribution in [0.25, 0.3) is 0 Å². The summed E-state index contributed by atoms with van der Waals surface area (Å²) in [6.45, 7) is 0.859. The fourth-order valence-electron chi connectivity index (χ4n) is 3.77. The van der Waals surface area contributed by atoms with Crippen LogP contribution in [0.1, 0.15) is 40.6 Å². The Morgan fingerprint density at radius 2 is 2.05 bits per heavy atom. The second-order valence-electron chi connectivity index (χ2n) is 6.09. The Labute approximate surface area is 126 Å². The number of rotatable bonds is 3. The van der Waals surface area contributed by atoms with Gasteiger partial charge in [-0.1, -0.05) is 36.4 Å². The lowest BCUT2D eigenvalue weighted by molar-refractivity contribution is 0.288. The van der Waals surface area contributed by atoms with E-state index in [4.69, 9.17) is 4.74 Å². The van der Waals surface area contributed by atoms with Crippen molar-refractivity contribution in [3.05, 3.63) is 64.7 Å². The Morgan fingerprint density at radius 3 is 2.90 bits per heavy atom. The van der Waals surface area contributed by atoms with E-state index >= 15 is 0 Å². The Morgan fingerprint density at radius 1 is 1.14 bits per heavy atom. The van der Waals surface area contributed by atoms with Gasteiger partial charge in [-0.15, -0.1) is 0 Å².